The van der Waals surface area contributed by atoms with E-state index >= 15 is 0 Å². The maximum Gasteiger partial charge on any atom is 0.127 e. The van der Waals surface area contributed by atoms with Crippen molar-refractivity contribution in [3.05, 3.63) is 35.4 Å². The molecule has 1 heteroatoms. The minimum atomic E-state index is 0.172. The highest BCUT2D eigenvalue weighted by Gasteiger charge is 2.20. The van der Waals surface area contributed by atoms with Gasteiger partial charge in [0.2, 0.25) is 0 Å². The largest absolute Gasteiger partial charge is 0.303 e. The van der Waals surface area contributed by atoms with Crippen LogP contribution in [0, 0.1) is 0 Å². The molecule has 0 amide bonds. The Hall–Kier alpha value is -1.11. The van der Waals surface area contributed by atoms with Crippen molar-refractivity contribution in [2.75, 3.05) is 0 Å². The smallest absolute Gasteiger partial charge is 0.127 e. The van der Waals surface area contributed by atoms with Gasteiger partial charge in [0.05, 0.1) is 0 Å². The SMILES string of the molecule is O=C[C@H]1CCc2ccccc21. The van der Waals surface area contributed by atoms with Gasteiger partial charge in [-0.05, 0) is 24.0 Å². The van der Waals surface area contributed by atoms with Crippen molar-refractivity contribution in [1.29, 1.82) is 0 Å². The maximum atomic E-state index is 10.6. The molecular formula is C10H10O. The summed E-state index contributed by atoms with van der Waals surface area (Å²) in [6.45, 7) is 0. The summed E-state index contributed by atoms with van der Waals surface area (Å²) in [4.78, 5) is 10.6. The molecule has 0 saturated heterocycles. The number of rotatable bonds is 1. The number of carbonyl (C=O) groups excluding carboxylic acids is 1. The average Bonchev–Trinajstić information content (AvgIpc) is 2.47. The lowest BCUT2D eigenvalue weighted by molar-refractivity contribution is -0.109. The predicted octanol–water partition coefficient (Wildman–Crippen LogP) is 1.92. The maximum absolute atomic E-state index is 10.6. The molecule has 56 valence electrons. The molecule has 0 fully saturated rings. The number of aldehydes is 1. The number of fused-ring (bicyclic) bond motifs is 1. The van der Waals surface area contributed by atoms with E-state index in [2.05, 4.69) is 12.1 Å². The highest BCUT2D eigenvalue weighted by Crippen LogP contribution is 2.30. The van der Waals surface area contributed by atoms with Crippen molar-refractivity contribution in [1.82, 2.24) is 0 Å². The van der Waals surface area contributed by atoms with Crippen molar-refractivity contribution in [3.8, 4) is 0 Å². The van der Waals surface area contributed by atoms with E-state index in [1.165, 1.54) is 11.1 Å². The van der Waals surface area contributed by atoms with E-state index in [1.807, 2.05) is 12.1 Å². The molecule has 1 aliphatic carbocycles. The summed E-state index contributed by atoms with van der Waals surface area (Å²) in [5, 5.41) is 0. The third kappa shape index (κ3) is 0.967. The lowest BCUT2D eigenvalue weighted by Gasteiger charge is -2.00. The highest BCUT2D eigenvalue weighted by atomic mass is 16.1. The number of benzene rings is 1. The van der Waals surface area contributed by atoms with Gasteiger partial charge in [0.25, 0.3) is 0 Å². The molecule has 1 nitrogen and oxygen atoms in total. The van der Waals surface area contributed by atoms with Crippen LogP contribution in [0.5, 0.6) is 0 Å². The van der Waals surface area contributed by atoms with Crippen molar-refractivity contribution < 1.29 is 4.79 Å². The van der Waals surface area contributed by atoms with E-state index in [4.69, 9.17) is 0 Å². The quantitative estimate of drug-likeness (QED) is 0.553. The molecule has 0 radical (unpaired) electrons. The van der Waals surface area contributed by atoms with Gasteiger partial charge in [-0.2, -0.15) is 0 Å². The Kier molecular flexibility index (Phi) is 1.50. The van der Waals surface area contributed by atoms with Gasteiger partial charge >= 0.3 is 0 Å². The molecule has 2 rings (SSSR count). The van der Waals surface area contributed by atoms with Crippen LogP contribution < -0.4 is 0 Å². The third-order valence-electron chi connectivity index (χ3n) is 2.34. The molecule has 0 heterocycles. The van der Waals surface area contributed by atoms with Crippen molar-refractivity contribution >= 4 is 6.29 Å². The van der Waals surface area contributed by atoms with E-state index in [0.717, 1.165) is 19.1 Å². The summed E-state index contributed by atoms with van der Waals surface area (Å²) in [6.07, 6.45) is 3.13. The van der Waals surface area contributed by atoms with Gasteiger partial charge in [0, 0.05) is 5.92 Å². The molecule has 0 spiro atoms. The molecule has 0 aliphatic heterocycles. The fraction of sp³-hybridized carbons (Fsp3) is 0.300. The monoisotopic (exact) mass is 146 g/mol. The zero-order valence-corrected chi connectivity index (χ0v) is 6.29. The van der Waals surface area contributed by atoms with Crippen LogP contribution in [0.2, 0.25) is 0 Å². The standard InChI is InChI=1S/C10H10O/c11-7-9-6-5-8-3-1-2-4-10(8)9/h1-4,7,9H,5-6H2/t9-/m1/s1. The zero-order chi connectivity index (χ0) is 7.68. The average molecular weight is 146 g/mol. The van der Waals surface area contributed by atoms with Gasteiger partial charge in [-0.1, -0.05) is 24.3 Å². The van der Waals surface area contributed by atoms with Crippen LogP contribution >= 0.6 is 0 Å². The van der Waals surface area contributed by atoms with Gasteiger partial charge in [-0.25, -0.2) is 0 Å². The van der Waals surface area contributed by atoms with Gasteiger partial charge in [0.15, 0.2) is 0 Å². The second kappa shape index (κ2) is 2.50. The first-order valence-electron chi connectivity index (χ1n) is 3.95. The second-order valence-electron chi connectivity index (χ2n) is 2.98. The van der Waals surface area contributed by atoms with Gasteiger partial charge < -0.3 is 4.79 Å². The summed E-state index contributed by atoms with van der Waals surface area (Å²) >= 11 is 0. The lowest BCUT2D eigenvalue weighted by atomic mass is 10.0. The third-order valence-corrected chi connectivity index (χ3v) is 2.34. The summed E-state index contributed by atoms with van der Waals surface area (Å²) < 4.78 is 0. The van der Waals surface area contributed by atoms with Crippen molar-refractivity contribution in [2.45, 2.75) is 18.8 Å². The normalized spacial score (nSPS) is 21.3. The van der Waals surface area contributed by atoms with Crippen LogP contribution in [0.15, 0.2) is 24.3 Å². The number of hydrogen-bond donors (Lipinski definition) is 0. The first-order valence-corrected chi connectivity index (χ1v) is 3.95. The van der Waals surface area contributed by atoms with Crippen LogP contribution in [0.1, 0.15) is 23.5 Å². The van der Waals surface area contributed by atoms with Crippen LogP contribution in [0.4, 0.5) is 0 Å². The minimum absolute atomic E-state index is 0.172. The molecule has 11 heavy (non-hydrogen) atoms. The van der Waals surface area contributed by atoms with E-state index < -0.39 is 0 Å². The van der Waals surface area contributed by atoms with E-state index in [1.54, 1.807) is 0 Å². The molecule has 0 saturated carbocycles. The predicted molar refractivity (Wildman–Crippen MR) is 43.6 cm³/mol. The van der Waals surface area contributed by atoms with Crippen LogP contribution in [0.25, 0.3) is 0 Å². The van der Waals surface area contributed by atoms with Gasteiger partial charge in [-0.3, -0.25) is 0 Å². The molecule has 0 N–H and O–H groups in total. The molecule has 0 bridgehead atoms. The minimum Gasteiger partial charge on any atom is -0.303 e. The Morgan fingerprint density at radius 1 is 1.36 bits per heavy atom. The Bertz CT molecular complexity index is 278. The summed E-state index contributed by atoms with van der Waals surface area (Å²) in [5.74, 6) is 0.172. The second-order valence-corrected chi connectivity index (χ2v) is 2.98. The van der Waals surface area contributed by atoms with E-state index in [0.29, 0.717) is 0 Å². The van der Waals surface area contributed by atoms with Crippen molar-refractivity contribution in [2.24, 2.45) is 0 Å². The number of aryl methyl sites for hydroxylation is 1. The Morgan fingerprint density at radius 2 is 2.18 bits per heavy atom. The van der Waals surface area contributed by atoms with Gasteiger partial charge in [-0.15, -0.1) is 0 Å². The molecule has 0 aromatic heterocycles. The summed E-state index contributed by atoms with van der Waals surface area (Å²) in [6, 6.07) is 8.20. The number of hydrogen-bond acceptors (Lipinski definition) is 1. The summed E-state index contributed by atoms with van der Waals surface area (Å²) in [5.41, 5.74) is 2.59. The van der Waals surface area contributed by atoms with Crippen LogP contribution in [-0.4, -0.2) is 6.29 Å². The Morgan fingerprint density at radius 3 is 3.00 bits per heavy atom. The topological polar surface area (TPSA) is 17.1 Å². The Balaban J connectivity index is 2.46. The molecule has 1 aromatic rings. The first-order chi connectivity index (χ1) is 5.42. The van der Waals surface area contributed by atoms with Gasteiger partial charge in [0.1, 0.15) is 6.29 Å². The zero-order valence-electron chi connectivity index (χ0n) is 6.29. The number of carbonyl (C=O) groups is 1. The molecular weight excluding hydrogens is 136 g/mol. The molecule has 1 aromatic carbocycles. The fourth-order valence-electron chi connectivity index (χ4n) is 1.73. The van der Waals surface area contributed by atoms with Crippen LogP contribution in [0.3, 0.4) is 0 Å². The molecule has 1 atom stereocenters. The van der Waals surface area contributed by atoms with E-state index in [9.17, 15) is 4.79 Å². The highest BCUT2D eigenvalue weighted by molar-refractivity contribution is 5.65. The lowest BCUT2D eigenvalue weighted by Crippen LogP contribution is -1.92. The fourth-order valence-corrected chi connectivity index (χ4v) is 1.73. The molecule has 0 unspecified atom stereocenters. The molecule has 1 aliphatic rings. The van der Waals surface area contributed by atoms with E-state index in [-0.39, 0.29) is 5.92 Å². The van der Waals surface area contributed by atoms with Crippen molar-refractivity contribution in [3.63, 3.8) is 0 Å². The summed E-state index contributed by atoms with van der Waals surface area (Å²) in [7, 11) is 0. The Labute approximate surface area is 66.0 Å². The van der Waals surface area contributed by atoms with Crippen LogP contribution in [-0.2, 0) is 11.2 Å². The first kappa shape index (κ1) is 6.59.